The Morgan fingerprint density at radius 2 is 1.40 bits per heavy atom. The molecule has 1 heterocycles. The van der Waals surface area contributed by atoms with Gasteiger partial charge in [-0.1, -0.05) is 51.1 Å². The summed E-state index contributed by atoms with van der Waals surface area (Å²) in [4.78, 5) is 4.26. The molecule has 13 heteroatoms. The average Bonchev–Trinajstić information content (AvgIpc) is 3.38. The van der Waals surface area contributed by atoms with Crippen LogP contribution in [0.5, 0.6) is 0 Å². The fourth-order valence-electron chi connectivity index (χ4n) is 2.97. The molecule has 0 bridgehead atoms. The van der Waals surface area contributed by atoms with Crippen molar-refractivity contribution in [2.24, 2.45) is 4.03 Å². The van der Waals surface area contributed by atoms with E-state index in [-0.39, 0.29) is 11.6 Å². The lowest BCUT2D eigenvalue weighted by Gasteiger charge is -2.32. The SMILES string of the molecule is CC(C)(C)[Si](C)(C)N=S(=O)(Cl)c1cnc([C@@](C)(O)COCCOCCOCCOCCOCc2ccccc2)s1. The maximum absolute atomic E-state index is 13.2. The number of nitrogens with zero attached hydrogens (tertiary/aromatic N) is 2. The zero-order valence-corrected chi connectivity index (χ0v) is 27.9. The first-order chi connectivity index (χ1) is 18.7. The zero-order chi connectivity index (χ0) is 29.7. The van der Waals surface area contributed by atoms with E-state index in [4.69, 9.17) is 34.4 Å². The van der Waals surface area contributed by atoms with Gasteiger partial charge in [-0.15, -0.1) is 11.3 Å². The first kappa shape index (κ1) is 35.3. The molecule has 2 rings (SSSR count). The molecule has 1 aromatic carbocycles. The van der Waals surface area contributed by atoms with Crippen molar-refractivity contribution in [1.82, 2.24) is 4.98 Å². The van der Waals surface area contributed by atoms with Gasteiger partial charge in [0.2, 0.25) is 0 Å². The summed E-state index contributed by atoms with van der Waals surface area (Å²) in [6.07, 6.45) is 1.44. The zero-order valence-electron chi connectivity index (χ0n) is 24.5. The number of aliphatic hydroxyl groups is 1. The van der Waals surface area contributed by atoms with Crippen molar-refractivity contribution in [3.8, 4) is 0 Å². The molecular weight excluding hydrogens is 592 g/mol. The van der Waals surface area contributed by atoms with Crippen LogP contribution < -0.4 is 0 Å². The normalized spacial score (nSPS) is 15.5. The average molecular weight is 637 g/mol. The Labute approximate surface area is 249 Å². The molecule has 2 atom stereocenters. The number of ether oxygens (including phenoxy) is 5. The van der Waals surface area contributed by atoms with Crippen molar-refractivity contribution in [3.63, 3.8) is 0 Å². The molecule has 1 aromatic heterocycles. The van der Waals surface area contributed by atoms with Crippen molar-refractivity contribution < 1.29 is 33.0 Å². The quantitative estimate of drug-likeness (QED) is 0.120. The standard InChI is InChI=1S/C27H45ClN2O7S2Si/c1-26(2,3)40(5,6)30-39(28,32)24-20-29-25(38-24)27(4,31)22-37-19-17-35-15-13-33-12-14-34-16-18-36-21-23-10-8-7-9-11-23/h7-11,20,31H,12-19,21-22H2,1-6H3/t27-,39?/m0/s1. The van der Waals surface area contributed by atoms with Crippen molar-refractivity contribution in [1.29, 1.82) is 0 Å². The van der Waals surface area contributed by atoms with Crippen LogP contribution in [0.2, 0.25) is 18.1 Å². The molecule has 0 aliphatic rings. The molecule has 2 aromatic rings. The summed E-state index contributed by atoms with van der Waals surface area (Å²) in [5, 5.41) is 11.1. The Bertz CT molecular complexity index is 1120. The first-order valence-electron chi connectivity index (χ1n) is 13.3. The van der Waals surface area contributed by atoms with E-state index >= 15 is 0 Å². The highest BCUT2D eigenvalue weighted by atomic mass is 35.7. The number of thiazole rings is 1. The van der Waals surface area contributed by atoms with Gasteiger partial charge < -0.3 is 28.8 Å². The largest absolute Gasteiger partial charge is 0.381 e. The smallest absolute Gasteiger partial charge is 0.194 e. The third-order valence-electron chi connectivity index (χ3n) is 6.36. The maximum atomic E-state index is 13.2. The van der Waals surface area contributed by atoms with Gasteiger partial charge in [0.1, 0.15) is 14.8 Å². The van der Waals surface area contributed by atoms with Crippen LogP contribution in [-0.2, 0) is 44.8 Å². The van der Waals surface area contributed by atoms with Crippen molar-refractivity contribution in [2.45, 2.75) is 62.2 Å². The van der Waals surface area contributed by atoms with Gasteiger partial charge in [0, 0.05) is 10.7 Å². The van der Waals surface area contributed by atoms with Gasteiger partial charge >= 0.3 is 0 Å². The van der Waals surface area contributed by atoms with Crippen LogP contribution >= 0.6 is 22.0 Å². The summed E-state index contributed by atoms with van der Waals surface area (Å²) in [7, 11) is 1.01. The molecule has 0 amide bonds. The third kappa shape index (κ3) is 12.5. The van der Waals surface area contributed by atoms with Gasteiger partial charge in [0.05, 0.1) is 72.3 Å². The number of benzene rings is 1. The molecule has 1 unspecified atom stereocenters. The lowest BCUT2D eigenvalue weighted by molar-refractivity contribution is -0.0563. The van der Waals surface area contributed by atoms with Gasteiger partial charge in [-0.3, -0.25) is 4.03 Å². The van der Waals surface area contributed by atoms with E-state index in [2.05, 4.69) is 29.8 Å². The van der Waals surface area contributed by atoms with Crippen molar-refractivity contribution >= 4 is 39.2 Å². The number of hydrogen-bond donors (Lipinski definition) is 1. The monoisotopic (exact) mass is 636 g/mol. The van der Waals surface area contributed by atoms with E-state index in [0.717, 1.165) is 16.9 Å². The van der Waals surface area contributed by atoms with Crippen LogP contribution in [-0.4, -0.2) is 82.0 Å². The molecule has 9 nitrogen and oxygen atoms in total. The molecule has 0 spiro atoms. The first-order valence-corrected chi connectivity index (χ1v) is 19.4. The van der Waals surface area contributed by atoms with Crippen LogP contribution in [0.25, 0.3) is 0 Å². The van der Waals surface area contributed by atoms with Gasteiger partial charge in [0.15, 0.2) is 17.2 Å². The molecule has 0 fully saturated rings. The van der Waals surface area contributed by atoms with Crippen LogP contribution in [0.1, 0.15) is 38.3 Å². The summed E-state index contributed by atoms with van der Waals surface area (Å²) in [6.45, 7) is 16.1. The molecule has 0 aliphatic heterocycles. The Hall–Kier alpha value is -0.933. The number of hydrogen-bond acceptors (Lipinski definition) is 10. The van der Waals surface area contributed by atoms with Crippen LogP contribution in [0.15, 0.2) is 44.8 Å². The van der Waals surface area contributed by atoms with E-state index in [1.807, 2.05) is 43.4 Å². The molecule has 1 N–H and O–H groups in total. The van der Waals surface area contributed by atoms with Crippen molar-refractivity contribution in [2.75, 3.05) is 59.5 Å². The third-order valence-corrected chi connectivity index (χ3v) is 16.8. The maximum Gasteiger partial charge on any atom is 0.194 e. The number of halogens is 1. The molecule has 0 aliphatic carbocycles. The minimum Gasteiger partial charge on any atom is -0.381 e. The van der Waals surface area contributed by atoms with E-state index in [0.29, 0.717) is 68.7 Å². The predicted octanol–water partition coefficient (Wildman–Crippen LogP) is 5.62. The fraction of sp³-hybridized carbons (Fsp3) is 0.667. The van der Waals surface area contributed by atoms with Gasteiger partial charge in [-0.2, -0.15) is 0 Å². The van der Waals surface area contributed by atoms with E-state index < -0.39 is 22.8 Å². The van der Waals surface area contributed by atoms with E-state index in [9.17, 15) is 9.32 Å². The van der Waals surface area contributed by atoms with Crippen molar-refractivity contribution in [3.05, 3.63) is 47.1 Å². The van der Waals surface area contributed by atoms with E-state index in [1.165, 1.54) is 6.20 Å². The summed E-state index contributed by atoms with van der Waals surface area (Å²) in [5.41, 5.74) is -0.217. The second-order valence-corrected chi connectivity index (χ2v) is 20.3. The van der Waals surface area contributed by atoms with Gasteiger partial charge in [-0.25, -0.2) is 9.19 Å². The fourth-order valence-corrected chi connectivity index (χ4v) is 10.6. The minimum absolute atomic E-state index is 0.00900. The van der Waals surface area contributed by atoms with Gasteiger partial charge in [0.25, 0.3) is 0 Å². The predicted molar refractivity (Wildman–Crippen MR) is 163 cm³/mol. The second-order valence-electron chi connectivity index (χ2n) is 11.0. The van der Waals surface area contributed by atoms with Crippen LogP contribution in [0.3, 0.4) is 0 Å². The highest BCUT2D eigenvalue weighted by Gasteiger charge is 2.38. The minimum atomic E-state index is -3.13. The highest BCUT2D eigenvalue weighted by Crippen LogP contribution is 2.40. The molecule has 228 valence electrons. The highest BCUT2D eigenvalue weighted by molar-refractivity contribution is 8.17. The molecular formula is C27H45ClN2O7S2Si. The summed E-state index contributed by atoms with van der Waals surface area (Å²) in [6, 6.07) is 10.0. The Balaban J connectivity index is 1.55. The van der Waals surface area contributed by atoms with Crippen LogP contribution in [0.4, 0.5) is 0 Å². The number of rotatable bonds is 19. The topological polar surface area (TPSA) is 109 Å². The number of aromatic nitrogens is 1. The molecule has 0 radical (unpaired) electrons. The Kier molecular flexibility index (Phi) is 14.7. The Morgan fingerprint density at radius 1 is 0.900 bits per heavy atom. The second kappa shape index (κ2) is 16.6. The summed E-state index contributed by atoms with van der Waals surface area (Å²) in [5.74, 6) is 0. The summed E-state index contributed by atoms with van der Waals surface area (Å²) < 4.78 is 45.8. The Morgan fingerprint density at radius 3 is 1.93 bits per heavy atom. The van der Waals surface area contributed by atoms with E-state index in [1.54, 1.807) is 6.92 Å². The lowest BCUT2D eigenvalue weighted by atomic mass is 10.1. The molecule has 0 saturated heterocycles. The van der Waals surface area contributed by atoms with Crippen LogP contribution in [0, 0.1) is 0 Å². The lowest BCUT2D eigenvalue weighted by Crippen LogP contribution is -2.35. The molecule has 0 saturated carbocycles. The summed E-state index contributed by atoms with van der Waals surface area (Å²) >= 11 is 1.10. The van der Waals surface area contributed by atoms with Gasteiger partial charge in [-0.05, 0) is 30.6 Å². The molecule has 40 heavy (non-hydrogen) atoms.